The maximum absolute atomic E-state index is 10.2. The minimum Gasteiger partial charge on any atom is -0.497 e. The minimum absolute atomic E-state index is 0.291. The van der Waals surface area contributed by atoms with E-state index in [0.29, 0.717) is 13.2 Å². The number of piperazine rings is 1. The molecule has 0 amide bonds. The quantitative estimate of drug-likeness (QED) is 0.821. The van der Waals surface area contributed by atoms with Gasteiger partial charge in [0.1, 0.15) is 24.2 Å². The number of rotatable bonds is 7. The normalized spacial score (nSPS) is 16.8. The Labute approximate surface area is 146 Å². The van der Waals surface area contributed by atoms with Gasteiger partial charge in [0.05, 0.1) is 7.11 Å². The van der Waals surface area contributed by atoms with Gasteiger partial charge in [0.15, 0.2) is 5.13 Å². The molecule has 2 aromatic rings. The third-order valence-electron chi connectivity index (χ3n) is 4.03. The fraction of sp³-hybridized carbons (Fsp3) is 0.471. The number of benzene rings is 1. The molecule has 0 aliphatic carbocycles. The maximum Gasteiger partial charge on any atom is 0.185 e. The van der Waals surface area contributed by atoms with Crippen molar-refractivity contribution in [2.45, 2.75) is 6.10 Å². The number of aliphatic hydroxyl groups excluding tert-OH is 1. The molecule has 1 aromatic carbocycles. The zero-order valence-electron chi connectivity index (χ0n) is 13.8. The van der Waals surface area contributed by atoms with Gasteiger partial charge in [0.25, 0.3) is 0 Å². The molecule has 130 valence electrons. The monoisotopic (exact) mass is 349 g/mol. The van der Waals surface area contributed by atoms with E-state index in [9.17, 15) is 5.11 Å². The van der Waals surface area contributed by atoms with Crippen LogP contribution in [0.5, 0.6) is 11.5 Å². The van der Waals surface area contributed by atoms with Crippen molar-refractivity contribution in [2.24, 2.45) is 0 Å². The molecule has 7 heteroatoms. The van der Waals surface area contributed by atoms with Crippen LogP contribution in [0.15, 0.2) is 35.8 Å². The highest BCUT2D eigenvalue weighted by Gasteiger charge is 2.20. The molecule has 0 spiro atoms. The van der Waals surface area contributed by atoms with Crippen molar-refractivity contribution < 1.29 is 14.6 Å². The van der Waals surface area contributed by atoms with Crippen LogP contribution in [0.3, 0.4) is 0 Å². The number of hydrogen-bond acceptors (Lipinski definition) is 7. The summed E-state index contributed by atoms with van der Waals surface area (Å²) in [6.45, 7) is 4.67. The molecule has 1 saturated heterocycles. The van der Waals surface area contributed by atoms with E-state index in [1.165, 1.54) is 0 Å². The van der Waals surface area contributed by atoms with Gasteiger partial charge in [-0.05, 0) is 24.3 Å². The first-order chi connectivity index (χ1) is 11.7. The standard InChI is InChI=1S/C17H23N3O3S/c1-22-15-2-4-16(5-3-15)23-13-14(21)12-19-7-9-20(10-8-19)17-18-6-11-24-17/h2-6,11,14,21H,7-10,12-13H2,1H3/t14-/m1/s1. The van der Waals surface area contributed by atoms with E-state index >= 15 is 0 Å². The molecule has 0 saturated carbocycles. The first kappa shape index (κ1) is 17.0. The third kappa shape index (κ3) is 4.59. The Morgan fingerprint density at radius 2 is 1.88 bits per heavy atom. The van der Waals surface area contributed by atoms with Crippen molar-refractivity contribution in [1.82, 2.24) is 9.88 Å². The summed E-state index contributed by atoms with van der Waals surface area (Å²) in [7, 11) is 1.63. The van der Waals surface area contributed by atoms with Crippen molar-refractivity contribution in [1.29, 1.82) is 0 Å². The molecule has 1 fully saturated rings. The molecule has 2 heterocycles. The van der Waals surface area contributed by atoms with Crippen LogP contribution in [0.25, 0.3) is 0 Å². The Morgan fingerprint density at radius 3 is 2.50 bits per heavy atom. The van der Waals surface area contributed by atoms with Crippen molar-refractivity contribution in [3.8, 4) is 11.5 Å². The Balaban J connectivity index is 1.38. The lowest BCUT2D eigenvalue weighted by atomic mass is 10.2. The molecule has 0 bridgehead atoms. The number of nitrogens with zero attached hydrogens (tertiary/aromatic N) is 3. The molecule has 1 atom stereocenters. The van der Waals surface area contributed by atoms with Gasteiger partial charge in [-0.3, -0.25) is 4.90 Å². The van der Waals surface area contributed by atoms with Gasteiger partial charge in [-0.15, -0.1) is 11.3 Å². The number of thiazole rings is 1. The van der Waals surface area contributed by atoms with Crippen molar-refractivity contribution in [2.75, 3.05) is 51.3 Å². The van der Waals surface area contributed by atoms with Crippen LogP contribution in [-0.4, -0.2) is 67.5 Å². The summed E-state index contributed by atoms with van der Waals surface area (Å²) in [5.41, 5.74) is 0. The highest BCUT2D eigenvalue weighted by molar-refractivity contribution is 7.13. The van der Waals surface area contributed by atoms with Gasteiger partial charge in [-0.1, -0.05) is 0 Å². The highest BCUT2D eigenvalue weighted by Crippen LogP contribution is 2.19. The Kier molecular flexibility index (Phi) is 5.90. The van der Waals surface area contributed by atoms with Crippen LogP contribution in [0.4, 0.5) is 5.13 Å². The smallest absolute Gasteiger partial charge is 0.185 e. The van der Waals surface area contributed by atoms with E-state index in [1.807, 2.05) is 35.8 Å². The van der Waals surface area contributed by atoms with Crippen molar-refractivity contribution >= 4 is 16.5 Å². The number of methoxy groups -OCH3 is 1. The summed E-state index contributed by atoms with van der Waals surface area (Å²) in [6.07, 6.45) is 1.34. The Morgan fingerprint density at radius 1 is 1.17 bits per heavy atom. The fourth-order valence-electron chi connectivity index (χ4n) is 2.71. The number of anilines is 1. The summed E-state index contributed by atoms with van der Waals surface area (Å²) in [5, 5.41) is 13.3. The Hall–Kier alpha value is -1.83. The van der Waals surface area contributed by atoms with Gasteiger partial charge in [-0.2, -0.15) is 0 Å². The van der Waals surface area contributed by atoms with E-state index in [2.05, 4.69) is 14.8 Å². The Bertz CT molecular complexity index is 598. The number of ether oxygens (including phenoxy) is 2. The fourth-order valence-corrected chi connectivity index (χ4v) is 3.41. The number of aliphatic hydroxyl groups is 1. The molecule has 0 unspecified atom stereocenters. The molecule has 1 aliphatic heterocycles. The predicted molar refractivity (Wildman–Crippen MR) is 95.3 cm³/mol. The van der Waals surface area contributed by atoms with Crippen LogP contribution >= 0.6 is 11.3 Å². The molecular weight excluding hydrogens is 326 g/mol. The summed E-state index contributed by atoms with van der Waals surface area (Å²) in [6, 6.07) is 7.38. The van der Waals surface area contributed by atoms with Gasteiger partial charge in [-0.25, -0.2) is 4.98 Å². The predicted octanol–water partition coefficient (Wildman–Crippen LogP) is 1.71. The van der Waals surface area contributed by atoms with Crippen LogP contribution in [0.1, 0.15) is 0 Å². The highest BCUT2D eigenvalue weighted by atomic mass is 32.1. The van der Waals surface area contributed by atoms with Crippen LogP contribution in [0, 0.1) is 0 Å². The molecule has 0 radical (unpaired) electrons. The number of aromatic nitrogens is 1. The van der Waals surface area contributed by atoms with Gasteiger partial charge in [0.2, 0.25) is 0 Å². The first-order valence-corrected chi connectivity index (χ1v) is 8.94. The average Bonchev–Trinajstić information content (AvgIpc) is 3.16. The largest absolute Gasteiger partial charge is 0.497 e. The zero-order valence-corrected chi connectivity index (χ0v) is 14.6. The second kappa shape index (κ2) is 8.32. The van der Waals surface area contributed by atoms with E-state index < -0.39 is 6.10 Å². The lowest BCUT2D eigenvalue weighted by molar-refractivity contribution is 0.0663. The van der Waals surface area contributed by atoms with Gasteiger partial charge >= 0.3 is 0 Å². The van der Waals surface area contributed by atoms with E-state index in [4.69, 9.17) is 9.47 Å². The first-order valence-electron chi connectivity index (χ1n) is 8.06. The molecule has 3 rings (SSSR count). The second-order valence-electron chi connectivity index (χ2n) is 5.74. The molecular formula is C17H23N3O3S. The summed E-state index contributed by atoms with van der Waals surface area (Å²) in [5.74, 6) is 1.53. The topological polar surface area (TPSA) is 58.1 Å². The molecule has 1 N–H and O–H groups in total. The molecule has 1 aromatic heterocycles. The third-order valence-corrected chi connectivity index (χ3v) is 4.87. The SMILES string of the molecule is COc1ccc(OC[C@H](O)CN2CCN(c3nccs3)CC2)cc1. The van der Waals surface area contributed by atoms with Gasteiger partial charge < -0.3 is 19.5 Å². The lowest BCUT2D eigenvalue weighted by Crippen LogP contribution is -2.49. The number of hydrogen-bond donors (Lipinski definition) is 1. The van der Waals surface area contributed by atoms with Crippen molar-refractivity contribution in [3.63, 3.8) is 0 Å². The summed E-state index contributed by atoms with van der Waals surface area (Å²) >= 11 is 1.67. The number of β-amino-alcohol motifs (C(OH)–C–C–N with tert-alkyl or cyclic N) is 1. The van der Waals surface area contributed by atoms with E-state index in [0.717, 1.165) is 42.8 Å². The molecule has 1 aliphatic rings. The van der Waals surface area contributed by atoms with Crippen LogP contribution in [0.2, 0.25) is 0 Å². The van der Waals surface area contributed by atoms with E-state index in [1.54, 1.807) is 18.4 Å². The van der Waals surface area contributed by atoms with E-state index in [-0.39, 0.29) is 0 Å². The second-order valence-corrected chi connectivity index (χ2v) is 6.62. The minimum atomic E-state index is -0.501. The zero-order chi connectivity index (χ0) is 16.8. The van der Waals surface area contributed by atoms with Crippen molar-refractivity contribution in [3.05, 3.63) is 35.8 Å². The van der Waals surface area contributed by atoms with Crippen LogP contribution < -0.4 is 14.4 Å². The maximum atomic E-state index is 10.2. The van der Waals surface area contributed by atoms with Crippen LogP contribution in [-0.2, 0) is 0 Å². The summed E-state index contributed by atoms with van der Waals surface area (Å²) in [4.78, 5) is 8.91. The summed E-state index contributed by atoms with van der Waals surface area (Å²) < 4.78 is 10.7. The van der Waals surface area contributed by atoms with Gasteiger partial charge in [0, 0.05) is 44.3 Å². The lowest BCUT2D eigenvalue weighted by Gasteiger charge is -2.35. The molecule has 6 nitrogen and oxygen atoms in total. The average molecular weight is 349 g/mol. The molecule has 24 heavy (non-hydrogen) atoms.